The molecule has 0 amide bonds. The lowest BCUT2D eigenvalue weighted by Crippen LogP contribution is -2.18. The van der Waals surface area contributed by atoms with Crippen molar-refractivity contribution in [1.82, 2.24) is 0 Å². The smallest absolute Gasteiger partial charge is 0.271 e. The van der Waals surface area contributed by atoms with Crippen molar-refractivity contribution in [3.05, 3.63) is 34.1 Å². The minimum atomic E-state index is -0.521. The maximum atomic E-state index is 13.4. The molecule has 0 aromatic heterocycles. The zero-order valence-corrected chi connectivity index (χ0v) is 8.94. The van der Waals surface area contributed by atoms with Crippen molar-refractivity contribution in [2.24, 2.45) is 5.92 Å². The van der Waals surface area contributed by atoms with Gasteiger partial charge in [0, 0.05) is 18.2 Å². The van der Waals surface area contributed by atoms with Gasteiger partial charge in [-0.15, -0.1) is 0 Å². The number of benzene rings is 1. The summed E-state index contributed by atoms with van der Waals surface area (Å²) in [5.41, 5.74) is 0.125. The highest BCUT2D eigenvalue weighted by Crippen LogP contribution is 2.34. The van der Waals surface area contributed by atoms with E-state index in [1.165, 1.54) is 12.1 Å². The van der Waals surface area contributed by atoms with Gasteiger partial charge in [0.25, 0.3) is 5.69 Å². The normalized spacial score (nSPS) is 16.9. The monoisotopic (exact) mass is 224 g/mol. The molecule has 1 atom stereocenters. The lowest BCUT2D eigenvalue weighted by molar-refractivity contribution is -0.384. The number of rotatable bonds is 4. The molecule has 1 aliphatic rings. The van der Waals surface area contributed by atoms with Gasteiger partial charge in [0.1, 0.15) is 5.82 Å². The standard InChI is InChI=1S/C11H13FN2O2/c1-7(8-2-3-8)13-11-6-9(14(15)16)4-5-10(11)12/h4-8,13H,2-3H2,1H3. The van der Waals surface area contributed by atoms with Crippen molar-refractivity contribution in [2.75, 3.05) is 5.32 Å². The van der Waals surface area contributed by atoms with Crippen LogP contribution >= 0.6 is 0 Å². The molecule has 1 unspecified atom stereocenters. The number of nitrogens with one attached hydrogen (secondary N) is 1. The molecule has 0 heterocycles. The van der Waals surface area contributed by atoms with E-state index < -0.39 is 10.7 Å². The summed E-state index contributed by atoms with van der Waals surface area (Å²) < 4.78 is 13.4. The van der Waals surface area contributed by atoms with Gasteiger partial charge in [-0.05, 0) is 31.7 Å². The van der Waals surface area contributed by atoms with E-state index in [4.69, 9.17) is 0 Å². The summed E-state index contributed by atoms with van der Waals surface area (Å²) in [5.74, 6) is 0.122. The Bertz CT molecular complexity index is 418. The fourth-order valence-electron chi connectivity index (χ4n) is 1.70. The van der Waals surface area contributed by atoms with Gasteiger partial charge in [-0.3, -0.25) is 10.1 Å². The molecule has 0 spiro atoms. The van der Waals surface area contributed by atoms with Gasteiger partial charge in [0.05, 0.1) is 10.6 Å². The van der Waals surface area contributed by atoms with Crippen LogP contribution in [-0.2, 0) is 0 Å². The summed E-state index contributed by atoms with van der Waals surface area (Å²) >= 11 is 0. The molecule has 1 saturated carbocycles. The number of hydrogen-bond donors (Lipinski definition) is 1. The van der Waals surface area contributed by atoms with E-state index >= 15 is 0 Å². The molecule has 1 N–H and O–H groups in total. The Labute approximate surface area is 92.6 Å². The zero-order valence-electron chi connectivity index (χ0n) is 8.94. The van der Waals surface area contributed by atoms with Crippen LogP contribution in [0.3, 0.4) is 0 Å². The average molecular weight is 224 g/mol. The number of halogens is 1. The van der Waals surface area contributed by atoms with Gasteiger partial charge >= 0.3 is 0 Å². The summed E-state index contributed by atoms with van der Waals surface area (Å²) in [5, 5.41) is 13.5. The lowest BCUT2D eigenvalue weighted by Gasteiger charge is -2.14. The molecule has 4 nitrogen and oxygen atoms in total. The van der Waals surface area contributed by atoms with Crippen LogP contribution in [0.1, 0.15) is 19.8 Å². The van der Waals surface area contributed by atoms with Crippen molar-refractivity contribution >= 4 is 11.4 Å². The van der Waals surface area contributed by atoms with E-state index in [2.05, 4.69) is 5.32 Å². The first-order valence-corrected chi connectivity index (χ1v) is 5.28. The molecule has 16 heavy (non-hydrogen) atoms. The van der Waals surface area contributed by atoms with E-state index in [1.807, 2.05) is 6.92 Å². The van der Waals surface area contributed by atoms with Gasteiger partial charge < -0.3 is 5.32 Å². The summed E-state index contributed by atoms with van der Waals surface area (Å²) in [6.45, 7) is 1.97. The molecule has 0 bridgehead atoms. The van der Waals surface area contributed by atoms with E-state index in [9.17, 15) is 14.5 Å². The van der Waals surface area contributed by atoms with Gasteiger partial charge in [-0.25, -0.2) is 4.39 Å². The molecule has 5 heteroatoms. The third-order valence-electron chi connectivity index (χ3n) is 2.87. The highest BCUT2D eigenvalue weighted by Gasteiger charge is 2.28. The Morgan fingerprint density at radius 3 is 2.81 bits per heavy atom. The van der Waals surface area contributed by atoms with Gasteiger partial charge in [-0.1, -0.05) is 0 Å². The summed E-state index contributed by atoms with van der Waals surface area (Å²) in [7, 11) is 0. The van der Waals surface area contributed by atoms with Crippen molar-refractivity contribution in [2.45, 2.75) is 25.8 Å². The number of anilines is 1. The van der Waals surface area contributed by atoms with Gasteiger partial charge in [0.15, 0.2) is 0 Å². The second-order valence-corrected chi connectivity index (χ2v) is 4.19. The van der Waals surface area contributed by atoms with Gasteiger partial charge in [-0.2, -0.15) is 0 Å². The van der Waals surface area contributed by atoms with E-state index in [0.29, 0.717) is 5.92 Å². The highest BCUT2D eigenvalue weighted by atomic mass is 19.1. The van der Waals surface area contributed by atoms with Crippen LogP contribution in [0.25, 0.3) is 0 Å². The predicted octanol–water partition coefficient (Wildman–Crippen LogP) is 2.94. The second kappa shape index (κ2) is 4.08. The fraction of sp³-hybridized carbons (Fsp3) is 0.455. The lowest BCUT2D eigenvalue weighted by atomic mass is 10.2. The molecular weight excluding hydrogens is 211 g/mol. The summed E-state index contributed by atoms with van der Waals surface area (Å²) in [4.78, 5) is 10.0. The third kappa shape index (κ3) is 2.29. The average Bonchev–Trinajstić information content (AvgIpc) is 3.04. The number of nitro benzene ring substituents is 1. The van der Waals surface area contributed by atoms with Crippen LogP contribution in [0.2, 0.25) is 0 Å². The Balaban J connectivity index is 2.17. The maximum Gasteiger partial charge on any atom is 0.271 e. The van der Waals surface area contributed by atoms with Crippen LogP contribution in [0.4, 0.5) is 15.8 Å². The van der Waals surface area contributed by atoms with E-state index in [-0.39, 0.29) is 17.4 Å². The van der Waals surface area contributed by atoms with Crippen molar-refractivity contribution in [3.8, 4) is 0 Å². The minimum Gasteiger partial charge on any atom is -0.380 e. The largest absolute Gasteiger partial charge is 0.380 e. The predicted molar refractivity (Wildman–Crippen MR) is 58.9 cm³/mol. The molecule has 2 rings (SSSR count). The molecule has 1 aromatic rings. The number of nitrogens with zero attached hydrogens (tertiary/aromatic N) is 1. The van der Waals surface area contributed by atoms with Crippen LogP contribution in [0.5, 0.6) is 0 Å². The van der Waals surface area contributed by atoms with E-state index in [0.717, 1.165) is 18.9 Å². The quantitative estimate of drug-likeness (QED) is 0.632. The molecule has 0 aliphatic heterocycles. The number of nitro groups is 1. The first kappa shape index (κ1) is 10.9. The van der Waals surface area contributed by atoms with Gasteiger partial charge in [0.2, 0.25) is 0 Å². The molecule has 0 radical (unpaired) electrons. The minimum absolute atomic E-state index is 0.0908. The number of non-ortho nitro benzene ring substituents is 1. The Kier molecular flexibility index (Phi) is 2.77. The second-order valence-electron chi connectivity index (χ2n) is 4.19. The highest BCUT2D eigenvalue weighted by molar-refractivity contribution is 5.52. The van der Waals surface area contributed by atoms with Crippen molar-refractivity contribution < 1.29 is 9.31 Å². The van der Waals surface area contributed by atoms with Crippen molar-refractivity contribution in [1.29, 1.82) is 0 Å². The molecule has 1 aromatic carbocycles. The fourth-order valence-corrected chi connectivity index (χ4v) is 1.70. The Morgan fingerprint density at radius 1 is 1.56 bits per heavy atom. The van der Waals surface area contributed by atoms with Crippen LogP contribution in [0.15, 0.2) is 18.2 Å². The third-order valence-corrected chi connectivity index (χ3v) is 2.87. The van der Waals surface area contributed by atoms with Crippen LogP contribution < -0.4 is 5.32 Å². The number of hydrogen-bond acceptors (Lipinski definition) is 3. The molecule has 0 saturated heterocycles. The zero-order chi connectivity index (χ0) is 11.7. The topological polar surface area (TPSA) is 55.2 Å². The van der Waals surface area contributed by atoms with Crippen LogP contribution in [-0.4, -0.2) is 11.0 Å². The van der Waals surface area contributed by atoms with Crippen molar-refractivity contribution in [3.63, 3.8) is 0 Å². The first-order valence-electron chi connectivity index (χ1n) is 5.28. The summed E-state index contributed by atoms with van der Waals surface area (Å²) in [6.07, 6.45) is 2.29. The first-order chi connectivity index (χ1) is 7.58. The SMILES string of the molecule is CC(Nc1cc([N+](=O)[O-])ccc1F)C1CC1. The van der Waals surface area contributed by atoms with E-state index in [1.54, 1.807) is 0 Å². The molecule has 86 valence electrons. The molecule has 1 fully saturated rings. The summed E-state index contributed by atoms with van der Waals surface area (Å²) in [6, 6.07) is 3.70. The van der Waals surface area contributed by atoms with Crippen LogP contribution in [0, 0.1) is 21.8 Å². The Morgan fingerprint density at radius 2 is 2.25 bits per heavy atom. The maximum absolute atomic E-state index is 13.4. The Hall–Kier alpha value is -1.65. The molecule has 1 aliphatic carbocycles. The molecular formula is C11H13FN2O2.